The zero-order valence-electron chi connectivity index (χ0n) is 11.3. The lowest BCUT2D eigenvalue weighted by atomic mass is 10.0. The van der Waals surface area contributed by atoms with Gasteiger partial charge in [0.1, 0.15) is 0 Å². The molecular formula is C14H25F4. The molecule has 109 valence electrons. The fraction of sp³-hybridized carbons (Fsp3) is 0.929. The van der Waals surface area contributed by atoms with Gasteiger partial charge in [-0.25, -0.2) is 0 Å². The standard InChI is InChI=1S/C14H25F4/c1-2-3-4-5-6-7-8-9-10-11-12-14(17,18)13(15)16/h2-12H2,1H3. The van der Waals surface area contributed by atoms with Gasteiger partial charge in [0.15, 0.2) is 0 Å². The second-order valence-corrected chi connectivity index (χ2v) is 4.90. The number of hydrogen-bond acceptors (Lipinski definition) is 0. The summed E-state index contributed by atoms with van der Waals surface area (Å²) < 4.78 is 48.5. The number of rotatable bonds is 12. The quantitative estimate of drug-likeness (QED) is 0.285. The number of alkyl halides is 2. The molecular weight excluding hydrogens is 244 g/mol. The van der Waals surface area contributed by atoms with Gasteiger partial charge < -0.3 is 0 Å². The highest BCUT2D eigenvalue weighted by Gasteiger charge is 2.41. The lowest BCUT2D eigenvalue weighted by Crippen LogP contribution is -2.19. The molecule has 0 saturated heterocycles. The van der Waals surface area contributed by atoms with Gasteiger partial charge in [-0.3, -0.25) is 0 Å². The molecule has 0 nitrogen and oxygen atoms in total. The average molecular weight is 269 g/mol. The van der Waals surface area contributed by atoms with Crippen LogP contribution in [0.1, 0.15) is 77.6 Å². The first-order chi connectivity index (χ1) is 8.50. The SMILES string of the molecule is CCCCCCCCCCCCC(F)(F)[C](F)F. The maximum atomic E-state index is 12.5. The second-order valence-electron chi connectivity index (χ2n) is 4.90. The molecule has 0 amide bonds. The fourth-order valence-electron chi connectivity index (χ4n) is 1.93. The summed E-state index contributed by atoms with van der Waals surface area (Å²) in [7, 11) is 0. The van der Waals surface area contributed by atoms with Crippen LogP contribution in [0.5, 0.6) is 0 Å². The molecule has 0 spiro atoms. The van der Waals surface area contributed by atoms with Gasteiger partial charge in [0, 0.05) is 6.42 Å². The van der Waals surface area contributed by atoms with Crippen LogP contribution in [0.4, 0.5) is 17.6 Å². The Hall–Kier alpha value is -0.280. The normalized spacial score (nSPS) is 12.3. The summed E-state index contributed by atoms with van der Waals surface area (Å²) in [6, 6.07) is 0. The topological polar surface area (TPSA) is 0 Å². The van der Waals surface area contributed by atoms with E-state index < -0.39 is 18.8 Å². The van der Waals surface area contributed by atoms with Crippen molar-refractivity contribution in [2.45, 2.75) is 83.5 Å². The predicted octanol–water partition coefficient (Wildman–Crippen LogP) is 6.36. The third-order valence-corrected chi connectivity index (χ3v) is 3.12. The minimum atomic E-state index is -3.87. The third kappa shape index (κ3) is 9.72. The van der Waals surface area contributed by atoms with Crippen LogP contribution >= 0.6 is 0 Å². The maximum Gasteiger partial charge on any atom is 0.378 e. The van der Waals surface area contributed by atoms with E-state index in [1.165, 1.54) is 32.1 Å². The molecule has 0 heterocycles. The Balaban J connectivity index is 3.21. The van der Waals surface area contributed by atoms with E-state index in [0.717, 1.165) is 19.3 Å². The Morgan fingerprint density at radius 1 is 0.722 bits per heavy atom. The first-order valence-electron chi connectivity index (χ1n) is 7.07. The van der Waals surface area contributed by atoms with Crippen LogP contribution in [0.15, 0.2) is 0 Å². The molecule has 1 radical (unpaired) electrons. The van der Waals surface area contributed by atoms with Crippen molar-refractivity contribution >= 4 is 0 Å². The molecule has 0 aliphatic carbocycles. The van der Waals surface area contributed by atoms with Crippen LogP contribution in [0, 0.1) is 6.43 Å². The van der Waals surface area contributed by atoms with Gasteiger partial charge in [-0.2, -0.15) is 17.6 Å². The lowest BCUT2D eigenvalue weighted by Gasteiger charge is -2.12. The highest BCUT2D eigenvalue weighted by atomic mass is 19.3. The Kier molecular flexibility index (Phi) is 10.5. The van der Waals surface area contributed by atoms with Gasteiger partial charge in [-0.15, -0.1) is 0 Å². The Morgan fingerprint density at radius 2 is 1.11 bits per heavy atom. The van der Waals surface area contributed by atoms with E-state index in [1.54, 1.807) is 0 Å². The maximum absolute atomic E-state index is 12.5. The molecule has 0 aromatic heterocycles. The summed E-state index contributed by atoms with van der Waals surface area (Å²) in [5, 5.41) is 0. The van der Waals surface area contributed by atoms with Crippen LogP contribution in [0.2, 0.25) is 0 Å². The summed E-state index contributed by atoms with van der Waals surface area (Å²) in [6.07, 6.45) is 6.59. The molecule has 0 bridgehead atoms. The molecule has 0 aliphatic heterocycles. The first kappa shape index (κ1) is 17.7. The molecule has 0 saturated carbocycles. The second kappa shape index (κ2) is 10.6. The third-order valence-electron chi connectivity index (χ3n) is 3.12. The zero-order chi connectivity index (χ0) is 13.9. The van der Waals surface area contributed by atoms with Crippen LogP contribution in [0.3, 0.4) is 0 Å². The Bertz CT molecular complexity index is 181. The van der Waals surface area contributed by atoms with Crippen molar-refractivity contribution in [3.8, 4) is 0 Å². The summed E-state index contributed by atoms with van der Waals surface area (Å²) >= 11 is 0. The van der Waals surface area contributed by atoms with Crippen molar-refractivity contribution in [2.75, 3.05) is 0 Å². The van der Waals surface area contributed by atoms with Crippen molar-refractivity contribution < 1.29 is 17.6 Å². The van der Waals surface area contributed by atoms with Gasteiger partial charge in [0.2, 0.25) is 0 Å². The monoisotopic (exact) mass is 269 g/mol. The largest absolute Gasteiger partial charge is 0.378 e. The minimum absolute atomic E-state index is 0.181. The number of hydrogen-bond donors (Lipinski definition) is 0. The predicted molar refractivity (Wildman–Crippen MR) is 66.9 cm³/mol. The molecule has 0 rings (SSSR count). The van der Waals surface area contributed by atoms with E-state index in [9.17, 15) is 17.6 Å². The summed E-state index contributed by atoms with van der Waals surface area (Å²) in [6.45, 7) is 2.17. The van der Waals surface area contributed by atoms with E-state index >= 15 is 0 Å². The van der Waals surface area contributed by atoms with Crippen molar-refractivity contribution in [1.82, 2.24) is 0 Å². The van der Waals surface area contributed by atoms with Crippen molar-refractivity contribution in [1.29, 1.82) is 0 Å². The van der Waals surface area contributed by atoms with E-state index in [0.29, 0.717) is 6.42 Å². The van der Waals surface area contributed by atoms with Crippen LogP contribution in [0.25, 0.3) is 0 Å². The average Bonchev–Trinajstić information content (AvgIpc) is 2.31. The summed E-state index contributed by atoms with van der Waals surface area (Å²) in [5.74, 6) is -3.87. The van der Waals surface area contributed by atoms with Gasteiger partial charge in [0.05, 0.1) is 0 Å². The van der Waals surface area contributed by atoms with Crippen molar-refractivity contribution in [3.05, 3.63) is 6.43 Å². The van der Waals surface area contributed by atoms with E-state index in [-0.39, 0.29) is 6.42 Å². The van der Waals surface area contributed by atoms with E-state index in [1.807, 2.05) is 0 Å². The highest BCUT2D eigenvalue weighted by molar-refractivity contribution is 4.82. The number of halogens is 4. The summed E-state index contributed by atoms with van der Waals surface area (Å²) in [5.41, 5.74) is 0. The smallest absolute Gasteiger partial charge is 0.200 e. The van der Waals surface area contributed by atoms with Crippen LogP contribution in [-0.2, 0) is 0 Å². The minimum Gasteiger partial charge on any atom is -0.200 e. The molecule has 0 atom stereocenters. The van der Waals surface area contributed by atoms with Crippen molar-refractivity contribution in [3.63, 3.8) is 0 Å². The zero-order valence-corrected chi connectivity index (χ0v) is 11.3. The first-order valence-corrected chi connectivity index (χ1v) is 7.07. The molecule has 4 heteroatoms. The van der Waals surface area contributed by atoms with Gasteiger partial charge >= 0.3 is 12.3 Å². The molecule has 0 N–H and O–H groups in total. The lowest BCUT2D eigenvalue weighted by molar-refractivity contribution is -0.0671. The Labute approximate surface area is 108 Å². The van der Waals surface area contributed by atoms with Crippen LogP contribution in [-0.4, -0.2) is 5.92 Å². The molecule has 0 fully saturated rings. The van der Waals surface area contributed by atoms with Gasteiger partial charge in [-0.05, 0) is 6.42 Å². The van der Waals surface area contributed by atoms with Gasteiger partial charge in [0.25, 0.3) is 0 Å². The van der Waals surface area contributed by atoms with Gasteiger partial charge in [-0.1, -0.05) is 64.7 Å². The molecule has 0 aromatic carbocycles. The highest BCUT2D eigenvalue weighted by Crippen LogP contribution is 2.34. The Morgan fingerprint density at radius 3 is 1.50 bits per heavy atom. The van der Waals surface area contributed by atoms with E-state index in [2.05, 4.69) is 6.92 Å². The molecule has 18 heavy (non-hydrogen) atoms. The molecule has 0 aliphatic rings. The summed E-state index contributed by atoms with van der Waals surface area (Å²) in [4.78, 5) is 0. The van der Waals surface area contributed by atoms with E-state index in [4.69, 9.17) is 0 Å². The molecule has 0 unspecified atom stereocenters. The number of unbranched alkanes of at least 4 members (excludes halogenated alkanes) is 9. The molecule has 0 aromatic rings. The van der Waals surface area contributed by atoms with Crippen molar-refractivity contribution in [2.24, 2.45) is 0 Å². The fourth-order valence-corrected chi connectivity index (χ4v) is 1.93. The van der Waals surface area contributed by atoms with Crippen LogP contribution < -0.4 is 0 Å².